The summed E-state index contributed by atoms with van der Waals surface area (Å²) in [5, 5.41) is 0. The summed E-state index contributed by atoms with van der Waals surface area (Å²) in [5.41, 5.74) is 1.79. The van der Waals surface area contributed by atoms with Crippen LogP contribution in [-0.2, 0) is 11.2 Å². The Morgan fingerprint density at radius 3 is 2.71 bits per heavy atom. The normalized spacial score (nSPS) is 10.6. The van der Waals surface area contributed by atoms with Crippen molar-refractivity contribution in [3.63, 3.8) is 0 Å². The van der Waals surface area contributed by atoms with Gasteiger partial charge in [0.15, 0.2) is 0 Å². The van der Waals surface area contributed by atoms with Crippen LogP contribution in [0, 0.1) is 0 Å². The Labute approximate surface area is 142 Å². The number of carbonyl (C=O) groups is 1. The molecule has 0 aliphatic carbocycles. The number of ether oxygens (including phenoxy) is 2. The number of nitrogens with zero attached hydrogens (tertiary/aromatic N) is 2. The fourth-order valence-corrected chi connectivity index (χ4v) is 2.18. The Hall–Kier alpha value is -2.82. The van der Waals surface area contributed by atoms with E-state index in [2.05, 4.69) is 4.98 Å². The molecule has 0 aliphatic rings. The molecule has 0 unspecified atom stereocenters. The predicted octanol–water partition coefficient (Wildman–Crippen LogP) is 2.81. The third-order valence-corrected chi connectivity index (χ3v) is 3.65. The highest BCUT2D eigenvalue weighted by molar-refractivity contribution is 5.92. The number of rotatable bonds is 7. The molecule has 126 valence electrons. The fraction of sp³-hybridized carbons (Fsp3) is 0.263. The largest absolute Gasteiger partial charge is 0.497 e. The van der Waals surface area contributed by atoms with Crippen molar-refractivity contribution in [2.24, 2.45) is 0 Å². The Morgan fingerprint density at radius 2 is 2.04 bits per heavy atom. The summed E-state index contributed by atoms with van der Waals surface area (Å²) in [6, 6.07) is 11.3. The SMILES string of the molecule is COc1ccc(/C=C/C(=O)N(C)CCc2ccccn2)c(OC)c1. The van der Waals surface area contributed by atoms with E-state index in [-0.39, 0.29) is 5.91 Å². The van der Waals surface area contributed by atoms with Gasteiger partial charge in [0.1, 0.15) is 11.5 Å². The minimum Gasteiger partial charge on any atom is -0.497 e. The third-order valence-electron chi connectivity index (χ3n) is 3.65. The number of aromatic nitrogens is 1. The summed E-state index contributed by atoms with van der Waals surface area (Å²) in [4.78, 5) is 18.1. The zero-order valence-corrected chi connectivity index (χ0v) is 14.2. The van der Waals surface area contributed by atoms with Gasteiger partial charge in [-0.1, -0.05) is 6.07 Å². The van der Waals surface area contributed by atoms with E-state index in [4.69, 9.17) is 9.47 Å². The molecule has 2 rings (SSSR count). The van der Waals surface area contributed by atoms with Crippen molar-refractivity contribution in [1.82, 2.24) is 9.88 Å². The van der Waals surface area contributed by atoms with Gasteiger partial charge in [-0.2, -0.15) is 0 Å². The topological polar surface area (TPSA) is 51.7 Å². The lowest BCUT2D eigenvalue weighted by molar-refractivity contribution is -0.124. The first-order chi connectivity index (χ1) is 11.6. The second-order valence-electron chi connectivity index (χ2n) is 5.27. The number of hydrogen-bond acceptors (Lipinski definition) is 4. The average Bonchev–Trinajstić information content (AvgIpc) is 2.64. The third kappa shape index (κ3) is 4.84. The van der Waals surface area contributed by atoms with Gasteiger partial charge in [-0.3, -0.25) is 9.78 Å². The number of hydrogen-bond donors (Lipinski definition) is 0. The number of amides is 1. The van der Waals surface area contributed by atoms with E-state index in [0.717, 1.165) is 17.7 Å². The van der Waals surface area contributed by atoms with Gasteiger partial charge in [-0.15, -0.1) is 0 Å². The summed E-state index contributed by atoms with van der Waals surface area (Å²) in [5.74, 6) is 1.31. The first-order valence-corrected chi connectivity index (χ1v) is 7.69. The summed E-state index contributed by atoms with van der Waals surface area (Å²) in [6.07, 6.45) is 5.77. The van der Waals surface area contributed by atoms with Crippen LogP contribution in [0.1, 0.15) is 11.3 Å². The van der Waals surface area contributed by atoms with Gasteiger partial charge >= 0.3 is 0 Å². The van der Waals surface area contributed by atoms with Gasteiger partial charge in [0.25, 0.3) is 0 Å². The van der Waals surface area contributed by atoms with Crippen LogP contribution in [0.4, 0.5) is 0 Å². The molecule has 0 saturated heterocycles. The van der Waals surface area contributed by atoms with Gasteiger partial charge < -0.3 is 14.4 Å². The van der Waals surface area contributed by atoms with Crippen molar-refractivity contribution in [2.45, 2.75) is 6.42 Å². The lowest BCUT2D eigenvalue weighted by Crippen LogP contribution is -2.27. The van der Waals surface area contributed by atoms with E-state index in [1.165, 1.54) is 0 Å². The van der Waals surface area contributed by atoms with Crippen molar-refractivity contribution in [2.75, 3.05) is 27.8 Å². The number of pyridine rings is 1. The lowest BCUT2D eigenvalue weighted by Gasteiger charge is -2.14. The maximum absolute atomic E-state index is 12.2. The van der Waals surface area contributed by atoms with E-state index >= 15 is 0 Å². The van der Waals surface area contributed by atoms with Crippen molar-refractivity contribution < 1.29 is 14.3 Å². The molecule has 1 amide bonds. The second-order valence-corrected chi connectivity index (χ2v) is 5.27. The van der Waals surface area contributed by atoms with Crippen LogP contribution < -0.4 is 9.47 Å². The molecule has 0 fully saturated rings. The van der Waals surface area contributed by atoms with E-state index in [0.29, 0.717) is 18.0 Å². The molecule has 0 radical (unpaired) electrons. The van der Waals surface area contributed by atoms with Gasteiger partial charge in [0.05, 0.1) is 14.2 Å². The number of benzene rings is 1. The maximum Gasteiger partial charge on any atom is 0.246 e. The number of methoxy groups -OCH3 is 2. The fourth-order valence-electron chi connectivity index (χ4n) is 2.18. The molecule has 0 N–H and O–H groups in total. The first-order valence-electron chi connectivity index (χ1n) is 7.69. The van der Waals surface area contributed by atoms with Crippen LogP contribution >= 0.6 is 0 Å². The van der Waals surface area contributed by atoms with Crippen LogP contribution in [0.2, 0.25) is 0 Å². The highest BCUT2D eigenvalue weighted by Gasteiger charge is 2.07. The standard InChI is InChI=1S/C19H22N2O3/c1-21(13-11-16-6-4-5-12-20-16)19(22)10-8-15-7-9-17(23-2)14-18(15)24-3/h4-10,12,14H,11,13H2,1-3H3/b10-8+. The monoisotopic (exact) mass is 326 g/mol. The summed E-state index contributed by atoms with van der Waals surface area (Å²) in [7, 11) is 4.97. The van der Waals surface area contributed by atoms with E-state index in [1.807, 2.05) is 30.3 Å². The molecule has 5 nitrogen and oxygen atoms in total. The number of carbonyl (C=O) groups excluding carboxylic acids is 1. The van der Waals surface area contributed by atoms with Crippen LogP contribution in [0.15, 0.2) is 48.7 Å². The summed E-state index contributed by atoms with van der Waals surface area (Å²) in [6.45, 7) is 0.611. The van der Waals surface area contributed by atoms with Crippen molar-refractivity contribution >= 4 is 12.0 Å². The molecule has 0 spiro atoms. The van der Waals surface area contributed by atoms with Crippen molar-refractivity contribution in [3.8, 4) is 11.5 Å². The minimum absolute atomic E-state index is 0.0659. The average molecular weight is 326 g/mol. The maximum atomic E-state index is 12.2. The summed E-state index contributed by atoms with van der Waals surface area (Å²) < 4.78 is 10.5. The Balaban J connectivity index is 1.96. The highest BCUT2D eigenvalue weighted by Crippen LogP contribution is 2.25. The van der Waals surface area contributed by atoms with Crippen LogP contribution in [0.3, 0.4) is 0 Å². The predicted molar refractivity (Wildman–Crippen MR) is 94.2 cm³/mol. The van der Waals surface area contributed by atoms with Crippen LogP contribution in [0.25, 0.3) is 6.08 Å². The molecule has 1 aromatic heterocycles. The molecule has 0 bridgehead atoms. The smallest absolute Gasteiger partial charge is 0.246 e. The summed E-state index contributed by atoms with van der Waals surface area (Å²) >= 11 is 0. The molecule has 2 aromatic rings. The molecular weight excluding hydrogens is 304 g/mol. The van der Waals surface area contributed by atoms with Crippen molar-refractivity contribution in [3.05, 3.63) is 59.9 Å². The Bertz CT molecular complexity index is 699. The van der Waals surface area contributed by atoms with Gasteiger partial charge in [-0.25, -0.2) is 0 Å². The van der Waals surface area contributed by atoms with E-state index < -0.39 is 0 Å². The van der Waals surface area contributed by atoms with Crippen LogP contribution in [0.5, 0.6) is 11.5 Å². The Morgan fingerprint density at radius 1 is 1.21 bits per heavy atom. The first kappa shape index (κ1) is 17.5. The van der Waals surface area contributed by atoms with Gasteiger partial charge in [-0.05, 0) is 30.3 Å². The Kier molecular flexibility index (Phi) is 6.37. The molecule has 0 atom stereocenters. The van der Waals surface area contributed by atoms with E-state index in [9.17, 15) is 4.79 Å². The quantitative estimate of drug-likeness (QED) is 0.734. The number of likely N-dealkylation sites (N-methyl/N-ethyl adjacent to an activating group) is 1. The zero-order valence-electron chi connectivity index (χ0n) is 14.2. The second kappa shape index (κ2) is 8.72. The van der Waals surface area contributed by atoms with Crippen LogP contribution in [-0.4, -0.2) is 43.6 Å². The molecule has 24 heavy (non-hydrogen) atoms. The van der Waals surface area contributed by atoms with Crippen molar-refractivity contribution in [1.29, 1.82) is 0 Å². The van der Waals surface area contributed by atoms with Gasteiger partial charge in [0.2, 0.25) is 5.91 Å². The molecule has 1 heterocycles. The van der Waals surface area contributed by atoms with Gasteiger partial charge in [0, 0.05) is 49.6 Å². The molecule has 0 aliphatic heterocycles. The highest BCUT2D eigenvalue weighted by atomic mass is 16.5. The molecule has 0 saturated carbocycles. The van der Waals surface area contributed by atoms with E-state index in [1.54, 1.807) is 50.6 Å². The zero-order chi connectivity index (χ0) is 17.4. The molecule has 5 heteroatoms. The minimum atomic E-state index is -0.0659. The molecule has 1 aromatic carbocycles. The lowest BCUT2D eigenvalue weighted by atomic mass is 10.1. The molecular formula is C19H22N2O3.